The number of rotatable bonds is 6. The normalized spacial score (nSPS) is 11.8. The fourth-order valence-electron chi connectivity index (χ4n) is 1.41. The van der Waals surface area contributed by atoms with Crippen molar-refractivity contribution in [1.29, 1.82) is 0 Å². The van der Waals surface area contributed by atoms with Gasteiger partial charge in [0.25, 0.3) is 0 Å². The number of halogens is 2. The molecule has 6 nitrogen and oxygen atoms in total. The van der Waals surface area contributed by atoms with Gasteiger partial charge in [0, 0.05) is 20.1 Å². The lowest BCUT2D eigenvalue weighted by molar-refractivity contribution is -0.139. The summed E-state index contributed by atoms with van der Waals surface area (Å²) in [7, 11) is 1.46. The molecule has 0 fully saturated rings. The smallest absolute Gasteiger partial charge is 0.326 e. The first-order valence-electron chi connectivity index (χ1n) is 5.69. The molecule has 0 bridgehead atoms. The van der Waals surface area contributed by atoms with Crippen LogP contribution in [0.4, 0.5) is 10.5 Å². The standard InChI is InChI=1S/C12H14BrClN2O4/c1-20-6-5-9(11(17)18)16-12(19)15-8-4-2-3-7(14)10(8)13/h2-4,9H,5-6H2,1H3,(H,17,18)(H2,15,16,19). The molecule has 0 saturated carbocycles. The van der Waals surface area contributed by atoms with Crippen molar-refractivity contribution in [3.63, 3.8) is 0 Å². The van der Waals surface area contributed by atoms with Crippen molar-refractivity contribution >= 4 is 45.2 Å². The van der Waals surface area contributed by atoms with Crippen LogP contribution in [0.5, 0.6) is 0 Å². The van der Waals surface area contributed by atoms with E-state index in [1.807, 2.05) is 0 Å². The van der Waals surface area contributed by atoms with Crippen LogP contribution in [0.2, 0.25) is 5.02 Å². The predicted octanol–water partition coefficient (Wildman–Crippen LogP) is 2.71. The number of ether oxygens (including phenoxy) is 1. The maximum absolute atomic E-state index is 11.8. The molecule has 1 aromatic carbocycles. The van der Waals surface area contributed by atoms with E-state index in [1.54, 1.807) is 18.2 Å². The molecule has 3 N–H and O–H groups in total. The van der Waals surface area contributed by atoms with Crippen LogP contribution < -0.4 is 10.6 Å². The number of hydrogen-bond donors (Lipinski definition) is 3. The summed E-state index contributed by atoms with van der Waals surface area (Å²) in [5.74, 6) is -1.12. The highest BCUT2D eigenvalue weighted by Crippen LogP contribution is 2.29. The molecule has 1 rings (SSSR count). The molecule has 0 spiro atoms. The number of amides is 2. The summed E-state index contributed by atoms with van der Waals surface area (Å²) in [6.07, 6.45) is 0.177. The third-order valence-corrected chi connectivity index (χ3v) is 3.81. The number of carboxylic acids is 1. The molecule has 0 aliphatic carbocycles. The number of nitrogens with one attached hydrogen (secondary N) is 2. The van der Waals surface area contributed by atoms with Gasteiger partial charge >= 0.3 is 12.0 Å². The van der Waals surface area contributed by atoms with Gasteiger partial charge in [0.2, 0.25) is 0 Å². The molecule has 0 radical (unpaired) electrons. The third kappa shape index (κ3) is 4.99. The second-order valence-corrected chi connectivity index (χ2v) is 5.07. The number of carboxylic acid groups (broad SMARTS) is 1. The van der Waals surface area contributed by atoms with Crippen LogP contribution >= 0.6 is 27.5 Å². The Labute approximate surface area is 129 Å². The van der Waals surface area contributed by atoms with Gasteiger partial charge in [0.05, 0.1) is 15.2 Å². The molecule has 0 aliphatic rings. The van der Waals surface area contributed by atoms with Crippen LogP contribution in [0, 0.1) is 0 Å². The summed E-state index contributed by atoms with van der Waals surface area (Å²) in [5, 5.41) is 14.3. The Hall–Kier alpha value is -1.31. The van der Waals surface area contributed by atoms with E-state index in [2.05, 4.69) is 26.6 Å². The Kier molecular flexibility index (Phi) is 6.77. The molecule has 1 atom stereocenters. The second kappa shape index (κ2) is 8.08. The van der Waals surface area contributed by atoms with Crippen molar-refractivity contribution in [1.82, 2.24) is 5.32 Å². The number of methoxy groups -OCH3 is 1. The Morgan fingerprint density at radius 3 is 2.80 bits per heavy atom. The fraction of sp³-hybridized carbons (Fsp3) is 0.333. The maximum atomic E-state index is 11.8. The van der Waals surface area contributed by atoms with Crippen LogP contribution in [0.3, 0.4) is 0 Å². The zero-order valence-corrected chi connectivity index (χ0v) is 13.0. The highest BCUT2D eigenvalue weighted by Gasteiger charge is 2.20. The molecule has 0 heterocycles. The van der Waals surface area contributed by atoms with Gasteiger partial charge in [-0.15, -0.1) is 0 Å². The molecule has 1 unspecified atom stereocenters. The summed E-state index contributed by atoms with van der Waals surface area (Å²) in [6.45, 7) is 0.234. The van der Waals surface area contributed by atoms with E-state index in [1.165, 1.54) is 7.11 Å². The van der Waals surface area contributed by atoms with Gasteiger partial charge < -0.3 is 20.5 Å². The fourth-order valence-corrected chi connectivity index (χ4v) is 1.95. The van der Waals surface area contributed by atoms with Crippen LogP contribution in [0.1, 0.15) is 6.42 Å². The van der Waals surface area contributed by atoms with Crippen molar-refractivity contribution in [2.45, 2.75) is 12.5 Å². The maximum Gasteiger partial charge on any atom is 0.326 e. The highest BCUT2D eigenvalue weighted by molar-refractivity contribution is 9.10. The van der Waals surface area contributed by atoms with Crippen LogP contribution in [-0.4, -0.2) is 36.9 Å². The molecule has 0 aromatic heterocycles. The molecule has 0 saturated heterocycles. The Balaban J connectivity index is 2.66. The quantitative estimate of drug-likeness (QED) is 0.723. The lowest BCUT2D eigenvalue weighted by atomic mass is 10.2. The number of aliphatic carboxylic acids is 1. The first-order chi connectivity index (χ1) is 9.45. The van der Waals surface area contributed by atoms with E-state index in [0.29, 0.717) is 15.2 Å². The van der Waals surface area contributed by atoms with E-state index >= 15 is 0 Å². The number of carbonyl (C=O) groups excluding carboxylic acids is 1. The summed E-state index contributed by atoms with van der Waals surface area (Å²) in [4.78, 5) is 22.7. The van der Waals surface area contributed by atoms with Gasteiger partial charge in [-0.1, -0.05) is 17.7 Å². The van der Waals surface area contributed by atoms with Crippen molar-refractivity contribution in [3.8, 4) is 0 Å². The van der Waals surface area contributed by atoms with Gasteiger partial charge in [0.1, 0.15) is 6.04 Å². The SMILES string of the molecule is COCCC(NC(=O)Nc1cccc(Cl)c1Br)C(=O)O. The first kappa shape index (κ1) is 16.7. The van der Waals surface area contributed by atoms with Crippen molar-refractivity contribution in [2.24, 2.45) is 0 Å². The van der Waals surface area contributed by atoms with E-state index in [0.717, 1.165) is 0 Å². The van der Waals surface area contributed by atoms with E-state index in [4.69, 9.17) is 21.4 Å². The summed E-state index contributed by atoms with van der Waals surface area (Å²) in [6, 6.07) is 3.32. The zero-order chi connectivity index (χ0) is 15.1. The lowest BCUT2D eigenvalue weighted by Gasteiger charge is -2.15. The minimum Gasteiger partial charge on any atom is -0.480 e. The number of carbonyl (C=O) groups is 2. The number of anilines is 1. The average Bonchev–Trinajstić information content (AvgIpc) is 2.39. The van der Waals surface area contributed by atoms with Gasteiger partial charge in [0.15, 0.2) is 0 Å². The Bertz CT molecular complexity index is 498. The van der Waals surface area contributed by atoms with Gasteiger partial charge in [-0.3, -0.25) is 0 Å². The number of urea groups is 1. The number of benzene rings is 1. The molecule has 1 aromatic rings. The molecule has 110 valence electrons. The van der Waals surface area contributed by atoms with Gasteiger partial charge in [-0.2, -0.15) is 0 Å². The Morgan fingerprint density at radius 2 is 2.20 bits per heavy atom. The minimum absolute atomic E-state index is 0.177. The molecule has 8 heteroatoms. The highest BCUT2D eigenvalue weighted by atomic mass is 79.9. The average molecular weight is 366 g/mol. The van der Waals surface area contributed by atoms with E-state index in [-0.39, 0.29) is 13.0 Å². The topological polar surface area (TPSA) is 87.7 Å². The van der Waals surface area contributed by atoms with Crippen LogP contribution in [0.15, 0.2) is 22.7 Å². The third-order valence-electron chi connectivity index (χ3n) is 2.41. The van der Waals surface area contributed by atoms with Crippen LogP contribution in [0.25, 0.3) is 0 Å². The lowest BCUT2D eigenvalue weighted by Crippen LogP contribution is -2.43. The van der Waals surface area contributed by atoms with E-state index in [9.17, 15) is 9.59 Å². The van der Waals surface area contributed by atoms with Crippen molar-refractivity contribution in [2.75, 3.05) is 19.0 Å². The van der Waals surface area contributed by atoms with Gasteiger partial charge in [-0.05, 0) is 28.1 Å². The van der Waals surface area contributed by atoms with Crippen LogP contribution in [-0.2, 0) is 9.53 Å². The van der Waals surface area contributed by atoms with Crippen molar-refractivity contribution < 1.29 is 19.4 Å². The van der Waals surface area contributed by atoms with Gasteiger partial charge in [-0.25, -0.2) is 9.59 Å². The molecule has 2 amide bonds. The summed E-state index contributed by atoms with van der Waals surface area (Å²) in [5.41, 5.74) is 0.450. The zero-order valence-electron chi connectivity index (χ0n) is 10.7. The minimum atomic E-state index is -1.12. The predicted molar refractivity (Wildman–Crippen MR) is 79.2 cm³/mol. The monoisotopic (exact) mass is 364 g/mol. The first-order valence-corrected chi connectivity index (χ1v) is 6.86. The summed E-state index contributed by atoms with van der Waals surface area (Å²) >= 11 is 9.13. The molecule has 20 heavy (non-hydrogen) atoms. The Morgan fingerprint density at radius 1 is 1.50 bits per heavy atom. The molecule has 0 aliphatic heterocycles. The second-order valence-electron chi connectivity index (χ2n) is 3.87. The largest absolute Gasteiger partial charge is 0.480 e. The van der Waals surface area contributed by atoms with E-state index < -0.39 is 18.0 Å². The summed E-state index contributed by atoms with van der Waals surface area (Å²) < 4.78 is 5.33. The molecular weight excluding hydrogens is 351 g/mol. The molecular formula is C12H14BrClN2O4. The van der Waals surface area contributed by atoms with Crippen molar-refractivity contribution in [3.05, 3.63) is 27.7 Å². The number of hydrogen-bond acceptors (Lipinski definition) is 3.